The Morgan fingerprint density at radius 1 is 1.77 bits per heavy atom. The number of carbonyl (C=O) groups is 1. The number of rotatable bonds is 1. The minimum atomic E-state index is -0.639. The van der Waals surface area contributed by atoms with Crippen molar-refractivity contribution < 1.29 is 9.53 Å². The molecule has 0 aliphatic heterocycles. The molecular weight excluding hydrogens is 210 g/mol. The number of ether oxygens (including phenoxy) is 1. The third-order valence-electron chi connectivity index (χ3n) is 0.625. The highest BCUT2D eigenvalue weighted by molar-refractivity contribution is 7.96. The van der Waals surface area contributed by atoms with Crippen LogP contribution in [0, 0.1) is 11.3 Å². The van der Waals surface area contributed by atoms with Crippen molar-refractivity contribution in [3.8, 4) is 6.07 Å². The van der Waals surface area contributed by atoms with Gasteiger partial charge in [0.15, 0.2) is 6.61 Å². The van der Waals surface area contributed by atoms with E-state index in [2.05, 4.69) is 18.4 Å². The van der Waals surface area contributed by atoms with Crippen LogP contribution in [0.15, 0.2) is 0 Å². The van der Waals surface area contributed by atoms with Crippen LogP contribution in [-0.2, 0) is 4.74 Å². The minimum absolute atomic E-state index is 0.0248. The predicted molar refractivity (Wildman–Crippen MR) is 56.4 cm³/mol. The molecule has 0 aromatic carbocycles. The Kier molecular flexibility index (Phi) is 10.2. The Morgan fingerprint density at radius 3 is 2.38 bits per heavy atom. The highest BCUT2D eigenvalue weighted by Crippen LogP contribution is 1.84. The van der Waals surface area contributed by atoms with Crippen molar-refractivity contribution in [2.24, 2.45) is 5.73 Å². The summed E-state index contributed by atoms with van der Waals surface area (Å²) in [6.45, 7) is 0.0248. The van der Waals surface area contributed by atoms with Gasteiger partial charge in [0.2, 0.25) is 0 Å². The average Bonchev–Trinajstić information content (AvgIpc) is 1.98. The normalized spacial score (nSPS) is 7.23. The van der Waals surface area contributed by atoms with Crippen LogP contribution in [0.1, 0.15) is 0 Å². The maximum Gasteiger partial charge on any atom is 0.273 e. The van der Waals surface area contributed by atoms with E-state index < -0.39 is 5.24 Å². The molecule has 0 unspecified atom stereocenters. The van der Waals surface area contributed by atoms with Gasteiger partial charge in [0.05, 0.1) is 0 Å². The number of hydrogen-bond donors (Lipinski definition) is 2. The fourth-order valence-electron chi connectivity index (χ4n) is 0.223. The van der Waals surface area contributed by atoms with E-state index in [0.29, 0.717) is 5.17 Å². The fraction of sp³-hybridized carbons (Fsp3) is 0.500. The van der Waals surface area contributed by atoms with Crippen LogP contribution in [0.25, 0.3) is 0 Å². The van der Waals surface area contributed by atoms with Crippen LogP contribution < -0.4 is 5.73 Å². The highest BCUT2D eigenvalue weighted by Gasteiger charge is 1.95. The second-order valence-electron chi connectivity index (χ2n) is 1.95. The van der Waals surface area contributed by atoms with Crippen LogP contribution in [0.4, 0.5) is 4.79 Å². The van der Waals surface area contributed by atoms with Gasteiger partial charge >= 0.3 is 0 Å². The molecule has 0 aromatic rings. The molecular formula is C6H11N3O2S2. The molecule has 13 heavy (non-hydrogen) atoms. The Bertz CT molecular complexity index is 208. The molecule has 0 saturated carbocycles. The maximum absolute atomic E-state index is 9.09. The van der Waals surface area contributed by atoms with E-state index in [1.165, 1.54) is 0 Å². The van der Waals surface area contributed by atoms with Gasteiger partial charge in [-0.15, -0.1) is 0 Å². The molecule has 2 N–H and O–H groups in total. The molecule has 7 heteroatoms. The zero-order valence-corrected chi connectivity index (χ0v) is 9.06. The standard InChI is InChI=1S/C5H8N2OS.CH3NOS/c1-7(2)5(9)8-4-3-6;2-1(3)4/h4H2,1-2H3;(H3,2,3,4). The highest BCUT2D eigenvalue weighted by atomic mass is 32.1. The molecule has 0 rings (SSSR count). The monoisotopic (exact) mass is 221 g/mol. The van der Waals surface area contributed by atoms with Crippen LogP contribution in [-0.4, -0.2) is 36.0 Å². The molecule has 0 fully saturated rings. The first kappa shape index (κ1) is 14.5. The van der Waals surface area contributed by atoms with E-state index in [4.69, 9.17) is 27.0 Å². The average molecular weight is 221 g/mol. The molecule has 0 aliphatic carbocycles. The van der Waals surface area contributed by atoms with Crippen LogP contribution in [0.2, 0.25) is 0 Å². The summed E-state index contributed by atoms with van der Waals surface area (Å²) < 4.78 is 4.75. The quantitative estimate of drug-likeness (QED) is 0.494. The molecule has 0 spiro atoms. The Hall–Kier alpha value is -1.000. The van der Waals surface area contributed by atoms with Gasteiger partial charge in [-0.05, 0) is 12.2 Å². The molecule has 74 valence electrons. The third-order valence-corrected chi connectivity index (χ3v) is 1.11. The number of nitrogens with two attached hydrogens (primary N) is 1. The summed E-state index contributed by atoms with van der Waals surface area (Å²) in [5.41, 5.74) is 4.34. The van der Waals surface area contributed by atoms with Gasteiger partial charge in [-0.2, -0.15) is 5.26 Å². The number of amides is 1. The summed E-state index contributed by atoms with van der Waals surface area (Å²) in [6.07, 6.45) is 0. The van der Waals surface area contributed by atoms with Crippen molar-refractivity contribution in [1.29, 1.82) is 5.26 Å². The Balaban J connectivity index is 0. The van der Waals surface area contributed by atoms with Gasteiger partial charge in [0, 0.05) is 14.1 Å². The third kappa shape index (κ3) is 18.2. The second-order valence-corrected chi connectivity index (χ2v) is 2.74. The summed E-state index contributed by atoms with van der Waals surface area (Å²) >= 11 is 7.80. The second kappa shape index (κ2) is 9.09. The Labute approximate surface area is 87.9 Å². The molecule has 0 bridgehead atoms. The number of primary amides is 1. The topological polar surface area (TPSA) is 79.3 Å². The number of thiol groups is 1. The van der Waals surface area contributed by atoms with E-state index in [-0.39, 0.29) is 6.61 Å². The van der Waals surface area contributed by atoms with Gasteiger partial charge in [0.25, 0.3) is 10.4 Å². The van der Waals surface area contributed by atoms with E-state index in [1.54, 1.807) is 19.0 Å². The molecule has 0 saturated heterocycles. The van der Waals surface area contributed by atoms with Crippen molar-refractivity contribution in [2.45, 2.75) is 0 Å². The molecule has 0 heterocycles. The minimum Gasteiger partial charge on any atom is -0.456 e. The lowest BCUT2D eigenvalue weighted by molar-refractivity contribution is 0.267. The van der Waals surface area contributed by atoms with Gasteiger partial charge in [-0.3, -0.25) is 4.79 Å². The van der Waals surface area contributed by atoms with E-state index in [9.17, 15) is 0 Å². The van der Waals surface area contributed by atoms with E-state index in [0.717, 1.165) is 0 Å². The first-order valence-corrected chi connectivity index (χ1v) is 3.96. The lowest BCUT2D eigenvalue weighted by Crippen LogP contribution is -2.22. The van der Waals surface area contributed by atoms with Gasteiger partial charge in [-0.1, -0.05) is 12.6 Å². The largest absolute Gasteiger partial charge is 0.456 e. The molecule has 1 amide bonds. The summed E-state index contributed by atoms with van der Waals surface area (Å²) in [7, 11) is 3.53. The summed E-state index contributed by atoms with van der Waals surface area (Å²) in [4.78, 5) is 10.7. The summed E-state index contributed by atoms with van der Waals surface area (Å²) in [5.74, 6) is 0. The van der Waals surface area contributed by atoms with Gasteiger partial charge in [-0.25, -0.2) is 0 Å². The van der Waals surface area contributed by atoms with Crippen molar-refractivity contribution >= 4 is 35.3 Å². The molecule has 0 aromatic heterocycles. The van der Waals surface area contributed by atoms with Gasteiger partial charge in [0.1, 0.15) is 6.07 Å². The number of carbonyl (C=O) groups excluding carboxylic acids is 1. The molecule has 5 nitrogen and oxygen atoms in total. The summed E-state index contributed by atoms with van der Waals surface area (Å²) in [6, 6.07) is 1.82. The smallest absolute Gasteiger partial charge is 0.273 e. The number of thiocarbonyl (C=S) groups is 1. The van der Waals surface area contributed by atoms with Crippen molar-refractivity contribution in [3.05, 3.63) is 0 Å². The fourth-order valence-corrected chi connectivity index (χ4v) is 0.282. The van der Waals surface area contributed by atoms with E-state index >= 15 is 0 Å². The number of hydrogen-bond acceptors (Lipinski definition) is 4. The van der Waals surface area contributed by atoms with Gasteiger partial charge < -0.3 is 15.4 Å². The Morgan fingerprint density at radius 2 is 2.15 bits per heavy atom. The molecule has 0 aliphatic rings. The lowest BCUT2D eigenvalue weighted by atomic mass is 10.8. The lowest BCUT2D eigenvalue weighted by Gasteiger charge is -2.11. The van der Waals surface area contributed by atoms with E-state index in [1.807, 2.05) is 6.07 Å². The van der Waals surface area contributed by atoms with Crippen LogP contribution in [0.3, 0.4) is 0 Å². The number of nitrogens with zero attached hydrogens (tertiary/aromatic N) is 2. The predicted octanol–water partition coefficient (Wildman–Crippen LogP) is 0.368. The van der Waals surface area contributed by atoms with Crippen molar-refractivity contribution in [3.63, 3.8) is 0 Å². The SMILES string of the molecule is CN(C)C(=S)OCC#N.NC(=O)S. The first-order chi connectivity index (χ1) is 5.91. The summed E-state index contributed by atoms with van der Waals surface area (Å²) in [5, 5.41) is 7.75. The number of nitriles is 1. The van der Waals surface area contributed by atoms with Crippen LogP contribution in [0.5, 0.6) is 0 Å². The molecule has 0 atom stereocenters. The first-order valence-electron chi connectivity index (χ1n) is 3.11. The zero-order chi connectivity index (χ0) is 10.9. The molecule has 0 radical (unpaired) electrons. The van der Waals surface area contributed by atoms with Crippen molar-refractivity contribution in [2.75, 3.05) is 20.7 Å². The van der Waals surface area contributed by atoms with Crippen molar-refractivity contribution in [1.82, 2.24) is 4.90 Å². The van der Waals surface area contributed by atoms with Crippen LogP contribution >= 0.6 is 24.8 Å². The zero-order valence-electron chi connectivity index (χ0n) is 7.35. The maximum atomic E-state index is 9.09.